The van der Waals surface area contributed by atoms with Gasteiger partial charge in [0, 0.05) is 33.3 Å². The highest BCUT2D eigenvalue weighted by atomic mass is 31.2. The van der Waals surface area contributed by atoms with Gasteiger partial charge in [-0.25, -0.2) is 10.2 Å². The van der Waals surface area contributed by atoms with Gasteiger partial charge in [0.1, 0.15) is 5.60 Å². The van der Waals surface area contributed by atoms with Crippen LogP contribution in [0.2, 0.25) is 0 Å². The number of carbonyl (C=O) groups is 1. The smallest absolute Gasteiger partial charge is 0.340 e. The Kier molecular flexibility index (Phi) is 9.80. The van der Waals surface area contributed by atoms with Crippen molar-refractivity contribution in [3.63, 3.8) is 0 Å². The summed E-state index contributed by atoms with van der Waals surface area (Å²) in [5.41, 5.74) is 3.81. The molecule has 0 aliphatic carbocycles. The van der Waals surface area contributed by atoms with E-state index < -0.39 is 18.9 Å². The second-order valence-corrected chi connectivity index (χ2v) is 8.97. The Labute approximate surface area is 152 Å². The average molecular weight is 381 g/mol. The van der Waals surface area contributed by atoms with Gasteiger partial charge in [-0.2, -0.15) is 0 Å². The largest absolute Gasteiger partial charge is 0.390 e. The molecule has 1 unspecified atom stereocenters. The van der Waals surface area contributed by atoms with Crippen LogP contribution in [0.5, 0.6) is 0 Å². The van der Waals surface area contributed by atoms with Gasteiger partial charge in [-0.05, 0) is 34.1 Å². The van der Waals surface area contributed by atoms with E-state index in [1.165, 1.54) is 7.11 Å². The molecule has 0 aromatic heterocycles. The quantitative estimate of drug-likeness (QED) is 0.648. The maximum Gasteiger partial charge on any atom is 0.340 e. The predicted octanol–water partition coefficient (Wildman–Crippen LogP) is 1.83. The van der Waals surface area contributed by atoms with Crippen LogP contribution in [0.1, 0.15) is 48.0 Å². The van der Waals surface area contributed by atoms with Crippen molar-refractivity contribution in [3.05, 3.63) is 0 Å². The minimum atomic E-state index is -3.25. The van der Waals surface area contributed by atoms with Crippen LogP contribution < -0.4 is 5.50 Å². The van der Waals surface area contributed by atoms with Crippen molar-refractivity contribution in [3.8, 4) is 0 Å². The van der Waals surface area contributed by atoms with E-state index >= 15 is 0 Å². The summed E-state index contributed by atoms with van der Waals surface area (Å²) in [7, 11) is -1.93. The summed E-state index contributed by atoms with van der Waals surface area (Å²) in [6, 6.07) is 0. The summed E-state index contributed by atoms with van der Waals surface area (Å²) in [6.45, 7) is 12.8. The lowest BCUT2D eigenvalue weighted by Crippen LogP contribution is -2.54. The molecular weight excluding hydrogens is 345 g/mol. The molecule has 1 aliphatic rings. The molecule has 9 heteroatoms. The van der Waals surface area contributed by atoms with Gasteiger partial charge in [0.2, 0.25) is 0 Å². The zero-order valence-corrected chi connectivity index (χ0v) is 17.6. The van der Waals surface area contributed by atoms with Crippen LogP contribution in [-0.2, 0) is 18.6 Å². The molecule has 0 aromatic rings. The van der Waals surface area contributed by atoms with Crippen LogP contribution in [-0.4, -0.2) is 71.7 Å². The molecule has 8 nitrogen and oxygen atoms in total. The second-order valence-electron chi connectivity index (χ2n) is 6.91. The normalized spacial score (nSPS) is 19.0. The molecule has 1 saturated heterocycles. The van der Waals surface area contributed by atoms with E-state index in [1.54, 1.807) is 37.3 Å². The van der Waals surface area contributed by atoms with Crippen LogP contribution in [0, 0.1) is 0 Å². The Morgan fingerprint density at radius 2 is 1.64 bits per heavy atom. The highest BCUT2D eigenvalue weighted by Gasteiger charge is 2.37. The first kappa shape index (κ1) is 24.5. The van der Waals surface area contributed by atoms with Gasteiger partial charge in [0.15, 0.2) is 0 Å². The highest BCUT2D eigenvalue weighted by molar-refractivity contribution is 7.53. The Morgan fingerprint density at radius 1 is 1.16 bits per heavy atom. The number of hydrogen-bond donors (Lipinski definition) is 2. The number of piperazine rings is 1. The van der Waals surface area contributed by atoms with Crippen LogP contribution in [0.15, 0.2) is 0 Å². The summed E-state index contributed by atoms with van der Waals surface area (Å²) >= 11 is 0. The third-order valence-electron chi connectivity index (χ3n) is 3.89. The first-order valence-electron chi connectivity index (χ1n) is 8.74. The third-order valence-corrected chi connectivity index (χ3v) is 5.60. The topological polar surface area (TPSA) is 105 Å². The molecule has 25 heavy (non-hydrogen) atoms. The molecule has 1 rings (SSSR count). The average Bonchev–Trinajstić information content (AvgIpc) is 2.54. The van der Waals surface area contributed by atoms with Crippen LogP contribution in [0.4, 0.5) is 0 Å². The Morgan fingerprint density at radius 3 is 2.04 bits per heavy atom. The fourth-order valence-electron chi connectivity index (χ4n) is 2.29. The molecule has 1 fully saturated rings. The maximum absolute atomic E-state index is 12.6. The van der Waals surface area contributed by atoms with Crippen LogP contribution in [0.25, 0.3) is 0 Å². The number of ether oxygens (including phenoxy) is 1. The van der Waals surface area contributed by atoms with E-state index in [-0.39, 0.29) is 5.91 Å². The van der Waals surface area contributed by atoms with Crippen molar-refractivity contribution < 1.29 is 23.7 Å². The highest BCUT2D eigenvalue weighted by Crippen LogP contribution is 2.41. The fraction of sp³-hybridized carbons (Fsp3) is 0.938. The zero-order chi connectivity index (χ0) is 19.9. The number of aliphatic hydroxyl groups is 1. The second kappa shape index (κ2) is 10.00. The van der Waals surface area contributed by atoms with Gasteiger partial charge in [0.25, 0.3) is 5.91 Å². The first-order valence-corrected chi connectivity index (χ1v) is 10.4. The van der Waals surface area contributed by atoms with Gasteiger partial charge in [-0.3, -0.25) is 9.36 Å². The molecule has 0 aromatic carbocycles. The standard InChI is InChI=1S/C14H30N3O5P.C2H6/c1-13(2,19)6-11-22-14(3,4)12(18)16-7-9-17(10-8-16)23(15,20)21-5;1-2/h19H,6-11H2,1-5H3,(H2,15,20);1-2H3. The van der Waals surface area contributed by atoms with Crippen molar-refractivity contribution in [2.45, 2.75) is 59.2 Å². The first-order chi connectivity index (χ1) is 11.4. The SMILES string of the molecule is CC.COP(N)(=O)N1CCN(C(=O)C(C)(C)OCCC(C)(C)O)CC1. The molecule has 3 N–H and O–H groups in total. The van der Waals surface area contributed by atoms with Crippen molar-refractivity contribution in [2.75, 3.05) is 39.9 Å². The van der Waals surface area contributed by atoms with E-state index in [0.29, 0.717) is 39.2 Å². The molecule has 1 heterocycles. The molecule has 1 atom stereocenters. The fourth-order valence-corrected chi connectivity index (χ4v) is 3.26. The summed E-state index contributed by atoms with van der Waals surface area (Å²) in [5, 5.41) is 9.70. The molecule has 1 amide bonds. The monoisotopic (exact) mass is 381 g/mol. The van der Waals surface area contributed by atoms with Gasteiger partial charge in [-0.15, -0.1) is 0 Å². The Hall–Kier alpha value is -0.500. The Balaban J connectivity index is 0.00000277. The molecule has 0 bridgehead atoms. The van der Waals surface area contributed by atoms with Crippen molar-refractivity contribution in [1.29, 1.82) is 0 Å². The van der Waals surface area contributed by atoms with Gasteiger partial charge in [0.05, 0.1) is 12.2 Å². The van der Waals surface area contributed by atoms with Crippen LogP contribution >= 0.6 is 7.67 Å². The van der Waals surface area contributed by atoms with E-state index in [4.69, 9.17) is 14.8 Å². The Bertz CT molecular complexity index is 457. The lowest BCUT2D eigenvalue weighted by molar-refractivity contribution is -0.157. The summed E-state index contributed by atoms with van der Waals surface area (Å²) in [6.07, 6.45) is 0.446. The van der Waals surface area contributed by atoms with Gasteiger partial charge in [-0.1, -0.05) is 13.8 Å². The number of amides is 1. The molecule has 1 aliphatic heterocycles. The van der Waals surface area contributed by atoms with Gasteiger partial charge >= 0.3 is 7.67 Å². The van der Waals surface area contributed by atoms with Crippen molar-refractivity contribution in [1.82, 2.24) is 9.57 Å². The maximum atomic E-state index is 12.6. The summed E-state index contributed by atoms with van der Waals surface area (Å²) in [5.74, 6) is -0.128. The van der Waals surface area contributed by atoms with E-state index in [0.717, 1.165) is 0 Å². The molecule has 0 saturated carbocycles. The van der Waals surface area contributed by atoms with E-state index in [2.05, 4.69) is 0 Å². The van der Waals surface area contributed by atoms with Gasteiger partial charge < -0.3 is 19.3 Å². The number of carbonyl (C=O) groups excluding carboxylic acids is 1. The summed E-state index contributed by atoms with van der Waals surface area (Å²) in [4.78, 5) is 14.3. The zero-order valence-electron chi connectivity index (χ0n) is 16.7. The minimum Gasteiger partial charge on any atom is -0.390 e. The number of rotatable bonds is 7. The van der Waals surface area contributed by atoms with Crippen molar-refractivity contribution in [2.24, 2.45) is 5.50 Å². The third kappa shape index (κ3) is 8.15. The number of hydrogen-bond acceptors (Lipinski definition) is 5. The number of nitrogens with two attached hydrogens (primary N) is 1. The molecule has 150 valence electrons. The predicted molar refractivity (Wildman–Crippen MR) is 99.2 cm³/mol. The molecule has 0 radical (unpaired) electrons. The lowest BCUT2D eigenvalue weighted by Gasteiger charge is -2.39. The van der Waals surface area contributed by atoms with E-state index in [9.17, 15) is 14.5 Å². The van der Waals surface area contributed by atoms with E-state index in [1.807, 2.05) is 13.8 Å². The van der Waals surface area contributed by atoms with Crippen LogP contribution in [0.3, 0.4) is 0 Å². The number of nitrogens with zero attached hydrogens (tertiary/aromatic N) is 2. The lowest BCUT2D eigenvalue weighted by atomic mass is 10.0. The summed E-state index contributed by atoms with van der Waals surface area (Å²) < 4.78 is 24.0. The van der Waals surface area contributed by atoms with Crippen molar-refractivity contribution >= 4 is 13.6 Å². The molecular formula is C16H36N3O5P. The molecule has 0 spiro atoms. The minimum absolute atomic E-state index is 0.128.